The molecule has 4 heteroatoms. The maximum atomic E-state index is 11.7. The van der Waals surface area contributed by atoms with Crippen LogP contribution in [0.1, 0.15) is 13.3 Å². The van der Waals surface area contributed by atoms with Crippen LogP contribution in [-0.4, -0.2) is 41.3 Å². The van der Waals surface area contributed by atoms with E-state index in [2.05, 4.69) is 0 Å². The van der Waals surface area contributed by atoms with Crippen LogP contribution in [0.2, 0.25) is 0 Å². The Bertz CT molecular complexity index is 182. The SMILES string of the molecule is CC(CCl)C(=O)N(C)C1CCSC1. The molecule has 1 aliphatic rings. The molecule has 0 aromatic rings. The van der Waals surface area contributed by atoms with Crippen molar-refractivity contribution < 1.29 is 4.79 Å². The van der Waals surface area contributed by atoms with Gasteiger partial charge in [0.25, 0.3) is 0 Å². The topological polar surface area (TPSA) is 20.3 Å². The monoisotopic (exact) mass is 221 g/mol. The molecule has 1 aliphatic heterocycles. The van der Waals surface area contributed by atoms with E-state index in [-0.39, 0.29) is 11.8 Å². The van der Waals surface area contributed by atoms with E-state index in [0.29, 0.717) is 11.9 Å². The van der Waals surface area contributed by atoms with Gasteiger partial charge in [0, 0.05) is 30.6 Å². The second-order valence-corrected chi connectivity index (χ2v) is 4.98. The van der Waals surface area contributed by atoms with Crippen LogP contribution in [0.5, 0.6) is 0 Å². The lowest BCUT2D eigenvalue weighted by Crippen LogP contribution is -2.40. The molecule has 0 aromatic heterocycles. The third-order valence-corrected chi connectivity index (χ3v) is 4.06. The Morgan fingerprint density at radius 2 is 2.46 bits per heavy atom. The van der Waals surface area contributed by atoms with Crippen molar-refractivity contribution in [3.05, 3.63) is 0 Å². The summed E-state index contributed by atoms with van der Waals surface area (Å²) in [6.45, 7) is 1.88. The predicted molar refractivity (Wildman–Crippen MR) is 58.4 cm³/mol. The highest BCUT2D eigenvalue weighted by atomic mass is 35.5. The molecule has 2 unspecified atom stereocenters. The molecule has 0 aliphatic carbocycles. The van der Waals surface area contributed by atoms with Gasteiger partial charge in [0.15, 0.2) is 0 Å². The van der Waals surface area contributed by atoms with Gasteiger partial charge in [-0.3, -0.25) is 4.79 Å². The number of hydrogen-bond donors (Lipinski definition) is 0. The minimum atomic E-state index is -0.0442. The Morgan fingerprint density at radius 3 is 2.92 bits per heavy atom. The van der Waals surface area contributed by atoms with Crippen LogP contribution >= 0.6 is 23.4 Å². The van der Waals surface area contributed by atoms with Crippen molar-refractivity contribution in [2.45, 2.75) is 19.4 Å². The van der Waals surface area contributed by atoms with Crippen LogP contribution in [0.25, 0.3) is 0 Å². The summed E-state index contributed by atoms with van der Waals surface area (Å²) in [6, 6.07) is 0.433. The first-order valence-electron chi connectivity index (χ1n) is 4.57. The zero-order valence-electron chi connectivity index (χ0n) is 8.12. The van der Waals surface area contributed by atoms with Gasteiger partial charge in [0.1, 0.15) is 0 Å². The lowest BCUT2D eigenvalue weighted by molar-refractivity contribution is -0.134. The molecule has 0 N–H and O–H groups in total. The maximum Gasteiger partial charge on any atom is 0.226 e. The van der Waals surface area contributed by atoms with Crippen molar-refractivity contribution in [2.75, 3.05) is 24.4 Å². The van der Waals surface area contributed by atoms with Crippen molar-refractivity contribution in [3.63, 3.8) is 0 Å². The molecule has 1 rings (SSSR count). The fourth-order valence-corrected chi connectivity index (χ4v) is 2.82. The number of carbonyl (C=O) groups is 1. The van der Waals surface area contributed by atoms with E-state index in [0.717, 1.165) is 12.2 Å². The van der Waals surface area contributed by atoms with E-state index in [9.17, 15) is 4.79 Å². The fraction of sp³-hybridized carbons (Fsp3) is 0.889. The van der Waals surface area contributed by atoms with E-state index in [1.807, 2.05) is 30.6 Å². The number of rotatable bonds is 3. The van der Waals surface area contributed by atoms with E-state index >= 15 is 0 Å². The van der Waals surface area contributed by atoms with Crippen molar-refractivity contribution in [1.82, 2.24) is 4.90 Å². The highest BCUT2D eigenvalue weighted by Crippen LogP contribution is 2.22. The van der Waals surface area contributed by atoms with Crippen LogP contribution in [0.15, 0.2) is 0 Å². The minimum absolute atomic E-state index is 0.0442. The van der Waals surface area contributed by atoms with Crippen molar-refractivity contribution in [3.8, 4) is 0 Å². The zero-order chi connectivity index (χ0) is 9.84. The van der Waals surface area contributed by atoms with Crippen LogP contribution < -0.4 is 0 Å². The fourth-order valence-electron chi connectivity index (χ4n) is 1.42. The summed E-state index contributed by atoms with van der Waals surface area (Å²) >= 11 is 7.57. The molecule has 1 fully saturated rings. The van der Waals surface area contributed by atoms with Crippen molar-refractivity contribution in [1.29, 1.82) is 0 Å². The maximum absolute atomic E-state index is 11.7. The van der Waals surface area contributed by atoms with Gasteiger partial charge in [-0.15, -0.1) is 11.6 Å². The largest absolute Gasteiger partial charge is 0.342 e. The first kappa shape index (κ1) is 11.2. The Labute approximate surface area is 89.0 Å². The summed E-state index contributed by atoms with van der Waals surface area (Å²) in [6.07, 6.45) is 1.13. The van der Waals surface area contributed by atoms with Crippen LogP contribution in [0.4, 0.5) is 0 Å². The first-order chi connectivity index (χ1) is 6.16. The molecule has 1 heterocycles. The number of thioether (sulfide) groups is 1. The number of amides is 1. The second-order valence-electron chi connectivity index (χ2n) is 3.52. The number of halogens is 1. The molecule has 0 radical (unpaired) electrons. The highest BCUT2D eigenvalue weighted by Gasteiger charge is 2.26. The van der Waals surface area contributed by atoms with Gasteiger partial charge in [-0.1, -0.05) is 6.92 Å². The minimum Gasteiger partial charge on any atom is -0.342 e. The number of alkyl halides is 1. The standard InChI is InChI=1S/C9H16ClNOS/c1-7(5-10)9(12)11(2)8-3-4-13-6-8/h7-8H,3-6H2,1-2H3. The summed E-state index contributed by atoms with van der Waals surface area (Å²) in [5.74, 6) is 2.82. The third kappa shape index (κ3) is 2.78. The molecule has 0 saturated carbocycles. The summed E-state index contributed by atoms with van der Waals surface area (Å²) in [5, 5.41) is 0. The van der Waals surface area contributed by atoms with E-state index < -0.39 is 0 Å². The van der Waals surface area contributed by atoms with E-state index in [1.54, 1.807) is 0 Å². The Hall–Kier alpha value is 0.110. The number of nitrogens with zero attached hydrogens (tertiary/aromatic N) is 1. The second kappa shape index (κ2) is 5.11. The van der Waals surface area contributed by atoms with Gasteiger partial charge >= 0.3 is 0 Å². The molecule has 0 aromatic carbocycles. The van der Waals surface area contributed by atoms with Crippen molar-refractivity contribution >= 4 is 29.3 Å². The summed E-state index contributed by atoms with van der Waals surface area (Å²) in [7, 11) is 1.89. The molecular weight excluding hydrogens is 206 g/mol. The van der Waals surface area contributed by atoms with Gasteiger partial charge in [0.2, 0.25) is 5.91 Å². The molecule has 2 atom stereocenters. The molecule has 0 bridgehead atoms. The molecule has 1 amide bonds. The van der Waals surface area contributed by atoms with Gasteiger partial charge in [-0.2, -0.15) is 11.8 Å². The quantitative estimate of drug-likeness (QED) is 0.678. The first-order valence-corrected chi connectivity index (χ1v) is 6.26. The van der Waals surface area contributed by atoms with Crippen molar-refractivity contribution in [2.24, 2.45) is 5.92 Å². The Morgan fingerprint density at radius 1 is 1.77 bits per heavy atom. The lowest BCUT2D eigenvalue weighted by atomic mass is 10.1. The van der Waals surface area contributed by atoms with Gasteiger partial charge in [0.05, 0.1) is 0 Å². The summed E-state index contributed by atoms with van der Waals surface area (Å²) < 4.78 is 0. The normalized spacial score (nSPS) is 24.4. The van der Waals surface area contributed by atoms with Gasteiger partial charge < -0.3 is 4.90 Å². The third-order valence-electron chi connectivity index (χ3n) is 2.45. The molecule has 76 valence electrons. The smallest absolute Gasteiger partial charge is 0.226 e. The summed E-state index contributed by atoms with van der Waals surface area (Å²) in [4.78, 5) is 13.6. The van der Waals surface area contributed by atoms with Crippen LogP contribution in [0, 0.1) is 5.92 Å². The van der Waals surface area contributed by atoms with E-state index in [4.69, 9.17) is 11.6 Å². The van der Waals surface area contributed by atoms with Gasteiger partial charge in [-0.25, -0.2) is 0 Å². The van der Waals surface area contributed by atoms with Crippen LogP contribution in [-0.2, 0) is 4.79 Å². The zero-order valence-corrected chi connectivity index (χ0v) is 9.70. The summed E-state index contributed by atoms with van der Waals surface area (Å²) in [5.41, 5.74) is 0. The highest BCUT2D eigenvalue weighted by molar-refractivity contribution is 7.99. The number of hydrogen-bond acceptors (Lipinski definition) is 2. The Balaban J connectivity index is 2.45. The molecule has 2 nitrogen and oxygen atoms in total. The average Bonchev–Trinajstić information content (AvgIpc) is 2.67. The Kier molecular flexibility index (Phi) is 4.39. The van der Waals surface area contributed by atoms with E-state index in [1.165, 1.54) is 5.75 Å². The molecule has 1 saturated heterocycles. The molecule has 13 heavy (non-hydrogen) atoms. The lowest BCUT2D eigenvalue weighted by Gasteiger charge is -2.26. The average molecular weight is 222 g/mol. The predicted octanol–water partition coefficient (Wildman–Crippen LogP) is 1.83. The van der Waals surface area contributed by atoms with Crippen LogP contribution in [0.3, 0.4) is 0 Å². The van der Waals surface area contributed by atoms with Gasteiger partial charge in [-0.05, 0) is 12.2 Å². The number of carbonyl (C=O) groups excluding carboxylic acids is 1. The molecular formula is C9H16ClNOS. The molecule has 0 spiro atoms.